The summed E-state index contributed by atoms with van der Waals surface area (Å²) in [4.78, 5) is 28.4. The highest BCUT2D eigenvalue weighted by molar-refractivity contribution is 7.98. The molecule has 0 saturated heterocycles. The number of nitrogens with zero attached hydrogens (tertiary/aromatic N) is 3. The van der Waals surface area contributed by atoms with Crippen LogP contribution in [0.1, 0.15) is 18.1 Å². The number of amides is 2. The van der Waals surface area contributed by atoms with E-state index in [1.807, 2.05) is 6.26 Å². The van der Waals surface area contributed by atoms with E-state index in [9.17, 15) is 9.59 Å². The molecule has 0 spiro atoms. The number of aryl methyl sites for hydroxylation is 1. The van der Waals surface area contributed by atoms with Gasteiger partial charge >= 0.3 is 12.0 Å². The third-order valence-corrected chi connectivity index (χ3v) is 3.22. The first kappa shape index (κ1) is 16.3. The molecule has 0 aliphatic carbocycles. The highest BCUT2D eigenvalue weighted by Gasteiger charge is 2.21. The summed E-state index contributed by atoms with van der Waals surface area (Å²) < 4.78 is 0. The molecule has 0 aliphatic heterocycles. The van der Waals surface area contributed by atoms with E-state index >= 15 is 0 Å². The minimum Gasteiger partial charge on any atom is -0.480 e. The normalized spacial score (nSPS) is 11.9. The summed E-state index contributed by atoms with van der Waals surface area (Å²) >= 11 is 1.54. The van der Waals surface area contributed by atoms with Gasteiger partial charge in [0.1, 0.15) is 11.9 Å². The van der Waals surface area contributed by atoms with Gasteiger partial charge in [0, 0.05) is 7.05 Å². The number of hydrogen-bond acceptors (Lipinski definition) is 5. The summed E-state index contributed by atoms with van der Waals surface area (Å²) in [5, 5.41) is 18.1. The Morgan fingerprint density at radius 3 is 2.75 bits per heavy atom. The number of aliphatic carboxylic acids is 1. The molecule has 9 heteroatoms. The molecular formula is C11H19N5O3S. The number of thioether (sulfide) groups is 1. The molecule has 0 saturated carbocycles. The lowest BCUT2D eigenvalue weighted by atomic mass is 10.2. The van der Waals surface area contributed by atoms with Crippen molar-refractivity contribution in [1.82, 2.24) is 25.4 Å². The van der Waals surface area contributed by atoms with E-state index in [-0.39, 0.29) is 6.54 Å². The molecule has 1 atom stereocenters. The van der Waals surface area contributed by atoms with Crippen LogP contribution in [0.2, 0.25) is 0 Å². The van der Waals surface area contributed by atoms with Gasteiger partial charge in [0.25, 0.3) is 0 Å². The molecule has 0 radical (unpaired) electrons. The van der Waals surface area contributed by atoms with E-state index in [1.54, 1.807) is 14.0 Å². The molecule has 1 aromatic rings. The number of urea groups is 1. The minimum atomic E-state index is -1.03. The predicted molar refractivity (Wildman–Crippen MR) is 75.5 cm³/mol. The molecule has 0 unspecified atom stereocenters. The monoisotopic (exact) mass is 301 g/mol. The molecule has 1 heterocycles. The third kappa shape index (κ3) is 5.08. The Hall–Kier alpha value is -1.77. The van der Waals surface area contributed by atoms with Gasteiger partial charge in [-0.25, -0.2) is 14.6 Å². The molecule has 0 bridgehead atoms. The zero-order valence-corrected chi connectivity index (χ0v) is 12.5. The number of carboxylic acid groups (broad SMARTS) is 1. The molecule has 3 N–H and O–H groups in total. The highest BCUT2D eigenvalue weighted by Crippen LogP contribution is 2.03. The lowest BCUT2D eigenvalue weighted by Crippen LogP contribution is -2.46. The van der Waals surface area contributed by atoms with Crippen LogP contribution in [0.15, 0.2) is 0 Å². The second-order valence-electron chi connectivity index (χ2n) is 4.31. The number of aromatic amines is 1. The Morgan fingerprint density at radius 1 is 1.55 bits per heavy atom. The van der Waals surface area contributed by atoms with Crippen LogP contribution in [0.5, 0.6) is 0 Å². The molecule has 0 fully saturated rings. The topological polar surface area (TPSA) is 111 Å². The van der Waals surface area contributed by atoms with Crippen LogP contribution in [0.25, 0.3) is 0 Å². The SMILES string of the molecule is CSCC[C@H](NC(=O)N(C)Cc1n[nH]c(C)n1)C(=O)O. The van der Waals surface area contributed by atoms with Gasteiger partial charge < -0.3 is 15.3 Å². The van der Waals surface area contributed by atoms with Gasteiger partial charge in [-0.3, -0.25) is 5.10 Å². The maximum Gasteiger partial charge on any atom is 0.326 e. The molecule has 1 aromatic heterocycles. The van der Waals surface area contributed by atoms with Crippen molar-refractivity contribution in [2.24, 2.45) is 0 Å². The van der Waals surface area contributed by atoms with Crippen molar-refractivity contribution < 1.29 is 14.7 Å². The van der Waals surface area contributed by atoms with Crippen LogP contribution in [-0.4, -0.2) is 62.3 Å². The summed E-state index contributed by atoms with van der Waals surface area (Å²) in [5.74, 6) is 0.782. The van der Waals surface area contributed by atoms with Crippen molar-refractivity contribution in [3.8, 4) is 0 Å². The number of aromatic nitrogens is 3. The fraction of sp³-hybridized carbons (Fsp3) is 0.636. The van der Waals surface area contributed by atoms with E-state index in [1.165, 1.54) is 16.7 Å². The van der Waals surface area contributed by atoms with Crippen LogP contribution in [0, 0.1) is 6.92 Å². The van der Waals surface area contributed by atoms with Crippen molar-refractivity contribution >= 4 is 23.8 Å². The highest BCUT2D eigenvalue weighted by atomic mass is 32.2. The maximum absolute atomic E-state index is 11.9. The number of carbonyl (C=O) groups excluding carboxylic acids is 1. The van der Waals surface area contributed by atoms with Crippen LogP contribution in [0.3, 0.4) is 0 Å². The van der Waals surface area contributed by atoms with Gasteiger partial charge in [-0.15, -0.1) is 0 Å². The fourth-order valence-electron chi connectivity index (χ4n) is 1.50. The standard InChI is InChI=1S/C11H19N5O3S/c1-7-12-9(15-14-7)6-16(2)11(19)13-8(10(17)18)4-5-20-3/h8H,4-6H2,1-3H3,(H,13,19)(H,17,18)(H,12,14,15)/t8-/m0/s1. The van der Waals surface area contributed by atoms with Gasteiger partial charge in [0.15, 0.2) is 5.82 Å². The lowest BCUT2D eigenvalue weighted by molar-refractivity contribution is -0.139. The van der Waals surface area contributed by atoms with Gasteiger partial charge in [0.2, 0.25) is 0 Å². The smallest absolute Gasteiger partial charge is 0.326 e. The Morgan fingerprint density at radius 2 is 2.25 bits per heavy atom. The number of carboxylic acids is 1. The summed E-state index contributed by atoms with van der Waals surface area (Å²) in [6.07, 6.45) is 2.27. The largest absolute Gasteiger partial charge is 0.480 e. The molecule has 8 nitrogen and oxygen atoms in total. The van der Waals surface area contributed by atoms with E-state index < -0.39 is 18.0 Å². The number of H-pyrrole nitrogens is 1. The maximum atomic E-state index is 11.9. The number of carbonyl (C=O) groups is 2. The second kappa shape index (κ2) is 7.73. The summed E-state index contributed by atoms with van der Waals surface area (Å²) in [6.45, 7) is 1.98. The summed E-state index contributed by atoms with van der Waals surface area (Å²) in [5.41, 5.74) is 0. The summed E-state index contributed by atoms with van der Waals surface area (Å²) in [7, 11) is 1.56. The van der Waals surface area contributed by atoms with E-state index in [4.69, 9.17) is 5.11 Å². The summed E-state index contributed by atoms with van der Waals surface area (Å²) in [6, 6.07) is -1.34. The molecule has 0 aromatic carbocycles. The molecule has 0 aliphatic rings. The predicted octanol–water partition coefficient (Wildman–Crippen LogP) is 0.461. The average molecular weight is 301 g/mol. The van der Waals surface area contributed by atoms with Gasteiger partial charge in [0.05, 0.1) is 6.54 Å². The Labute approximate surface area is 121 Å². The Kier molecular flexibility index (Phi) is 6.29. The molecule has 112 valence electrons. The van der Waals surface area contributed by atoms with Crippen LogP contribution in [-0.2, 0) is 11.3 Å². The first-order valence-electron chi connectivity index (χ1n) is 6.05. The zero-order valence-electron chi connectivity index (χ0n) is 11.7. The minimum absolute atomic E-state index is 0.213. The number of rotatable bonds is 7. The van der Waals surface area contributed by atoms with Crippen molar-refractivity contribution in [3.05, 3.63) is 11.6 Å². The van der Waals surface area contributed by atoms with Crippen molar-refractivity contribution in [2.75, 3.05) is 19.1 Å². The molecule has 20 heavy (non-hydrogen) atoms. The Bertz CT molecular complexity index is 465. The quantitative estimate of drug-likeness (QED) is 0.674. The molecule has 1 rings (SSSR count). The third-order valence-electron chi connectivity index (χ3n) is 2.58. The average Bonchev–Trinajstić information content (AvgIpc) is 2.79. The van der Waals surface area contributed by atoms with E-state index in [2.05, 4.69) is 20.5 Å². The van der Waals surface area contributed by atoms with Crippen LogP contribution >= 0.6 is 11.8 Å². The van der Waals surface area contributed by atoms with Crippen LogP contribution in [0.4, 0.5) is 4.79 Å². The zero-order chi connectivity index (χ0) is 15.1. The molecule has 2 amide bonds. The fourth-order valence-corrected chi connectivity index (χ4v) is 1.97. The lowest BCUT2D eigenvalue weighted by Gasteiger charge is -2.20. The number of nitrogens with one attached hydrogen (secondary N) is 2. The Balaban J connectivity index is 2.52. The van der Waals surface area contributed by atoms with Crippen molar-refractivity contribution in [1.29, 1.82) is 0 Å². The van der Waals surface area contributed by atoms with E-state index in [0.717, 1.165) is 0 Å². The van der Waals surface area contributed by atoms with Gasteiger partial charge in [-0.05, 0) is 25.4 Å². The van der Waals surface area contributed by atoms with Crippen LogP contribution < -0.4 is 5.32 Å². The van der Waals surface area contributed by atoms with E-state index in [0.29, 0.717) is 23.8 Å². The first-order chi connectivity index (χ1) is 9.43. The van der Waals surface area contributed by atoms with Crippen molar-refractivity contribution in [2.45, 2.75) is 25.9 Å². The van der Waals surface area contributed by atoms with Crippen molar-refractivity contribution in [3.63, 3.8) is 0 Å². The second-order valence-corrected chi connectivity index (χ2v) is 5.30. The first-order valence-corrected chi connectivity index (χ1v) is 7.44. The van der Waals surface area contributed by atoms with Gasteiger partial charge in [-0.1, -0.05) is 0 Å². The van der Waals surface area contributed by atoms with Gasteiger partial charge in [-0.2, -0.15) is 16.9 Å². The number of hydrogen-bond donors (Lipinski definition) is 3. The molecular weight excluding hydrogens is 282 g/mol.